The lowest BCUT2D eigenvalue weighted by Gasteiger charge is -2.38. The summed E-state index contributed by atoms with van der Waals surface area (Å²) >= 11 is 5.77. The third-order valence-corrected chi connectivity index (χ3v) is 5.57. The SMILES string of the molecule is O=C[C@H](N1C[C@@H](O)[C@@H](O)C1)[C@@](O)(Cc1ccccc1)NC(=O)Oc1cc2oc(Cl)cc2[nH]1. The number of aliphatic hydroxyl groups is 3. The van der Waals surface area contributed by atoms with Crippen LogP contribution in [0.3, 0.4) is 0 Å². The first-order valence-corrected chi connectivity index (χ1v) is 10.2. The number of carbonyl (C=O) groups excluding carboxylic acids is 2. The molecule has 1 amide bonds. The Hall–Kier alpha value is -2.89. The van der Waals surface area contributed by atoms with Crippen molar-refractivity contribution in [2.45, 2.75) is 30.4 Å². The van der Waals surface area contributed by atoms with Crippen LogP contribution >= 0.6 is 11.6 Å². The number of ether oxygens (including phenoxy) is 1. The van der Waals surface area contributed by atoms with E-state index in [1.807, 2.05) is 0 Å². The quantitative estimate of drug-likeness (QED) is 0.258. The molecule has 1 saturated heterocycles. The second-order valence-electron chi connectivity index (χ2n) is 7.73. The number of nitrogens with zero attached hydrogens (tertiary/aromatic N) is 1. The summed E-state index contributed by atoms with van der Waals surface area (Å²) < 4.78 is 10.5. The highest BCUT2D eigenvalue weighted by atomic mass is 35.5. The van der Waals surface area contributed by atoms with Crippen LogP contribution in [0, 0.1) is 0 Å². The molecule has 0 radical (unpaired) electrons. The molecule has 0 saturated carbocycles. The van der Waals surface area contributed by atoms with Crippen molar-refractivity contribution in [1.29, 1.82) is 0 Å². The lowest BCUT2D eigenvalue weighted by molar-refractivity contribution is -0.125. The van der Waals surface area contributed by atoms with Gasteiger partial charge in [-0.3, -0.25) is 10.2 Å². The summed E-state index contributed by atoms with van der Waals surface area (Å²) in [4.78, 5) is 28.9. The predicted octanol–water partition coefficient (Wildman–Crippen LogP) is 1.04. The number of nitrogens with one attached hydrogen (secondary N) is 2. The van der Waals surface area contributed by atoms with E-state index in [1.165, 1.54) is 17.0 Å². The highest BCUT2D eigenvalue weighted by Crippen LogP contribution is 2.27. The van der Waals surface area contributed by atoms with E-state index in [0.717, 1.165) is 0 Å². The van der Waals surface area contributed by atoms with E-state index in [1.54, 1.807) is 30.3 Å². The summed E-state index contributed by atoms with van der Waals surface area (Å²) in [6.45, 7) is -0.0988. The van der Waals surface area contributed by atoms with Gasteiger partial charge in [0.25, 0.3) is 0 Å². The number of H-pyrrole nitrogens is 1. The second-order valence-corrected chi connectivity index (χ2v) is 8.11. The number of hydrogen-bond donors (Lipinski definition) is 5. The normalized spacial score (nSPS) is 21.9. The van der Waals surface area contributed by atoms with Crippen molar-refractivity contribution in [2.75, 3.05) is 13.1 Å². The first-order valence-electron chi connectivity index (χ1n) is 9.87. The first-order chi connectivity index (χ1) is 15.3. The van der Waals surface area contributed by atoms with Crippen molar-refractivity contribution in [3.05, 3.63) is 53.2 Å². The Morgan fingerprint density at radius 2 is 2.00 bits per heavy atom. The molecule has 1 aliphatic heterocycles. The van der Waals surface area contributed by atoms with Crippen LogP contribution in [0.2, 0.25) is 5.22 Å². The maximum absolute atomic E-state index is 12.6. The van der Waals surface area contributed by atoms with Crippen molar-refractivity contribution in [2.24, 2.45) is 0 Å². The van der Waals surface area contributed by atoms with E-state index < -0.39 is 30.1 Å². The molecular formula is C21H22ClN3O7. The molecule has 4 rings (SSSR count). The number of rotatable bonds is 7. The molecule has 1 fully saturated rings. The minimum absolute atomic E-state index is 0.0460. The molecule has 11 heteroatoms. The van der Waals surface area contributed by atoms with Gasteiger partial charge in [-0.25, -0.2) is 4.79 Å². The van der Waals surface area contributed by atoms with Gasteiger partial charge in [0, 0.05) is 31.6 Å². The molecule has 0 bridgehead atoms. The lowest BCUT2D eigenvalue weighted by atomic mass is 9.95. The summed E-state index contributed by atoms with van der Waals surface area (Å²) in [6, 6.07) is 10.4. The fourth-order valence-corrected chi connectivity index (χ4v) is 4.07. The van der Waals surface area contributed by atoms with Crippen LogP contribution in [-0.4, -0.2) is 74.6 Å². The van der Waals surface area contributed by atoms with Gasteiger partial charge in [-0.2, -0.15) is 0 Å². The van der Waals surface area contributed by atoms with Gasteiger partial charge in [-0.15, -0.1) is 0 Å². The van der Waals surface area contributed by atoms with Gasteiger partial charge in [-0.1, -0.05) is 30.3 Å². The number of β-amino-alcohol motifs (C(OH)–C–C–N with tert-alkyl or cyclic N) is 2. The Morgan fingerprint density at radius 1 is 1.31 bits per heavy atom. The number of hydrogen-bond acceptors (Lipinski definition) is 8. The van der Waals surface area contributed by atoms with Crippen LogP contribution in [0.1, 0.15) is 5.56 Å². The molecule has 170 valence electrons. The number of aldehydes is 1. The zero-order valence-electron chi connectivity index (χ0n) is 16.8. The van der Waals surface area contributed by atoms with Crippen LogP contribution in [-0.2, 0) is 11.2 Å². The number of halogens is 1. The van der Waals surface area contributed by atoms with Crippen LogP contribution in [0.5, 0.6) is 5.88 Å². The number of amides is 1. The van der Waals surface area contributed by atoms with Crippen LogP contribution in [0.15, 0.2) is 46.9 Å². The molecule has 0 aliphatic carbocycles. The molecule has 3 aromatic rings. The average Bonchev–Trinajstić information content (AvgIpc) is 3.35. The van der Waals surface area contributed by atoms with Crippen molar-refractivity contribution < 1.29 is 34.1 Å². The fourth-order valence-electron chi connectivity index (χ4n) is 3.88. The Labute approximate surface area is 187 Å². The molecule has 4 atom stereocenters. The largest absolute Gasteiger partial charge is 0.443 e. The summed E-state index contributed by atoms with van der Waals surface area (Å²) in [6.07, 6.45) is -2.83. The van der Waals surface area contributed by atoms with Gasteiger partial charge in [0.1, 0.15) is 12.3 Å². The van der Waals surface area contributed by atoms with Crippen molar-refractivity contribution in [3.63, 3.8) is 0 Å². The first kappa shape index (κ1) is 22.3. The Bertz CT molecular complexity index is 1060. The van der Waals surface area contributed by atoms with E-state index in [9.17, 15) is 24.9 Å². The van der Waals surface area contributed by atoms with Gasteiger partial charge >= 0.3 is 6.09 Å². The minimum Gasteiger partial charge on any atom is -0.443 e. The van der Waals surface area contributed by atoms with Crippen LogP contribution in [0.4, 0.5) is 4.79 Å². The second kappa shape index (κ2) is 8.93. The molecular weight excluding hydrogens is 442 g/mol. The summed E-state index contributed by atoms with van der Waals surface area (Å²) in [5, 5.41) is 33.8. The van der Waals surface area contributed by atoms with Crippen molar-refractivity contribution in [3.8, 4) is 5.88 Å². The van der Waals surface area contributed by atoms with E-state index in [-0.39, 0.29) is 30.6 Å². The molecule has 5 N–H and O–H groups in total. The van der Waals surface area contributed by atoms with Gasteiger partial charge < -0.3 is 34.3 Å². The molecule has 2 aromatic heterocycles. The molecule has 10 nitrogen and oxygen atoms in total. The van der Waals surface area contributed by atoms with E-state index >= 15 is 0 Å². The third-order valence-electron chi connectivity index (χ3n) is 5.39. The van der Waals surface area contributed by atoms with Crippen LogP contribution < -0.4 is 10.1 Å². The smallest absolute Gasteiger partial charge is 0.416 e. The van der Waals surface area contributed by atoms with Gasteiger partial charge in [0.2, 0.25) is 5.88 Å². The number of likely N-dealkylation sites (tertiary alicyclic amines) is 1. The molecule has 1 aliphatic rings. The number of furan rings is 1. The predicted molar refractivity (Wildman–Crippen MR) is 113 cm³/mol. The zero-order valence-corrected chi connectivity index (χ0v) is 17.5. The van der Waals surface area contributed by atoms with Gasteiger partial charge in [-0.05, 0) is 17.2 Å². The Balaban J connectivity index is 1.56. The summed E-state index contributed by atoms with van der Waals surface area (Å²) in [5.41, 5.74) is -0.556. The summed E-state index contributed by atoms with van der Waals surface area (Å²) in [7, 11) is 0. The Morgan fingerprint density at radius 3 is 2.62 bits per heavy atom. The highest BCUT2D eigenvalue weighted by molar-refractivity contribution is 6.29. The zero-order chi connectivity index (χ0) is 22.9. The highest BCUT2D eigenvalue weighted by Gasteiger charge is 2.46. The van der Waals surface area contributed by atoms with E-state index in [0.29, 0.717) is 22.9 Å². The number of aliphatic hydroxyl groups excluding tert-OH is 2. The third kappa shape index (κ3) is 4.64. The summed E-state index contributed by atoms with van der Waals surface area (Å²) in [5.74, 6) is 0.0460. The minimum atomic E-state index is -2.10. The van der Waals surface area contributed by atoms with Gasteiger partial charge in [0.05, 0.1) is 17.7 Å². The number of fused-ring (bicyclic) bond motifs is 1. The lowest BCUT2D eigenvalue weighted by Crippen LogP contribution is -2.64. The average molecular weight is 464 g/mol. The Kier molecular flexibility index (Phi) is 6.22. The number of aromatic nitrogens is 1. The molecule has 0 spiro atoms. The fraction of sp³-hybridized carbons (Fsp3) is 0.333. The maximum atomic E-state index is 12.6. The number of benzene rings is 1. The standard InChI is InChI=1S/C21H22ClN3O7/c22-18-6-13-16(31-18)7-19(23-13)32-20(29)24-21(30,8-12-4-2-1-3-5-12)17(11-26)25-9-14(27)15(28)10-25/h1-7,11,14-15,17,23,27-28,30H,8-10H2,(H,24,29)/t14-,15+,17-,21-/m0/s1. The molecule has 1 aromatic carbocycles. The maximum Gasteiger partial charge on any atom is 0.416 e. The monoisotopic (exact) mass is 463 g/mol. The molecule has 0 unspecified atom stereocenters. The number of carbonyl (C=O) groups is 2. The van der Waals surface area contributed by atoms with Crippen LogP contribution in [0.25, 0.3) is 11.1 Å². The molecule has 3 heterocycles. The van der Waals surface area contributed by atoms with Crippen molar-refractivity contribution in [1.82, 2.24) is 15.2 Å². The van der Waals surface area contributed by atoms with E-state index in [2.05, 4.69) is 10.3 Å². The van der Waals surface area contributed by atoms with Crippen molar-refractivity contribution >= 4 is 35.1 Å². The molecule has 32 heavy (non-hydrogen) atoms. The van der Waals surface area contributed by atoms with E-state index in [4.69, 9.17) is 20.8 Å². The topological polar surface area (TPSA) is 148 Å². The van der Waals surface area contributed by atoms with Gasteiger partial charge in [0.15, 0.2) is 16.5 Å². The number of aromatic amines is 1.